The molecule has 2 aliphatic carbocycles. The summed E-state index contributed by atoms with van der Waals surface area (Å²) in [6, 6.07) is 3.37. The third-order valence-corrected chi connectivity index (χ3v) is 6.18. The van der Waals surface area contributed by atoms with Crippen molar-refractivity contribution < 1.29 is 19.4 Å². The molecule has 1 aromatic rings. The number of dihydropyridines is 1. The van der Waals surface area contributed by atoms with Gasteiger partial charge in [0.1, 0.15) is 5.40 Å². The van der Waals surface area contributed by atoms with Crippen LogP contribution in [0.2, 0.25) is 0 Å². The number of nitrogens with zero attached hydrogens (tertiary/aromatic N) is 1. The Labute approximate surface area is 167 Å². The van der Waals surface area contributed by atoms with Gasteiger partial charge < -0.3 is 15.2 Å². The molecule has 0 aromatic heterocycles. The third kappa shape index (κ3) is 2.98. The van der Waals surface area contributed by atoms with E-state index in [4.69, 9.17) is 10.00 Å². The van der Waals surface area contributed by atoms with E-state index in [1.165, 1.54) is 7.11 Å². The maximum atomic E-state index is 12.9. The molecule has 28 heavy (non-hydrogen) atoms. The van der Waals surface area contributed by atoms with Gasteiger partial charge in [-0.05, 0) is 55.1 Å². The highest BCUT2D eigenvalue weighted by atomic mass is 32.2. The van der Waals surface area contributed by atoms with E-state index in [9.17, 15) is 14.7 Å². The molecular formula is C21H20N2O4S. The fraction of sp³-hybridized carbons (Fsp3) is 0.381. The van der Waals surface area contributed by atoms with Crippen molar-refractivity contribution in [3.8, 4) is 16.9 Å². The number of nitriles is 1. The number of rotatable bonds is 3. The Bertz CT molecular complexity index is 945. The summed E-state index contributed by atoms with van der Waals surface area (Å²) in [7, 11) is 1.44. The van der Waals surface area contributed by atoms with Gasteiger partial charge in [0.15, 0.2) is 23.1 Å². The van der Waals surface area contributed by atoms with Crippen molar-refractivity contribution in [3.63, 3.8) is 0 Å². The molecule has 0 bridgehead atoms. The van der Waals surface area contributed by atoms with Gasteiger partial charge in [-0.2, -0.15) is 5.26 Å². The van der Waals surface area contributed by atoms with Crippen LogP contribution in [0.5, 0.6) is 11.5 Å². The van der Waals surface area contributed by atoms with Gasteiger partial charge in [-0.3, -0.25) is 9.59 Å². The fourth-order valence-corrected chi connectivity index (χ4v) is 4.86. The molecule has 7 heteroatoms. The number of ether oxygens (including phenoxy) is 1. The minimum atomic E-state index is -0.487. The minimum absolute atomic E-state index is 0.0465. The summed E-state index contributed by atoms with van der Waals surface area (Å²) in [4.78, 5) is 26.1. The van der Waals surface area contributed by atoms with Crippen molar-refractivity contribution in [2.75, 3.05) is 7.11 Å². The molecule has 0 atom stereocenters. The monoisotopic (exact) mass is 396 g/mol. The molecule has 4 rings (SSSR count). The van der Waals surface area contributed by atoms with Gasteiger partial charge in [0.25, 0.3) is 0 Å². The minimum Gasteiger partial charge on any atom is -0.503 e. The van der Waals surface area contributed by atoms with Crippen molar-refractivity contribution in [2.45, 2.75) is 49.3 Å². The van der Waals surface area contributed by atoms with E-state index in [0.29, 0.717) is 34.4 Å². The number of hydrogen-bond acceptors (Lipinski definition) is 7. The van der Waals surface area contributed by atoms with E-state index in [0.717, 1.165) is 48.8 Å². The van der Waals surface area contributed by atoms with Gasteiger partial charge in [0.2, 0.25) is 0 Å². The van der Waals surface area contributed by atoms with Crippen LogP contribution in [-0.2, 0) is 9.59 Å². The van der Waals surface area contributed by atoms with Gasteiger partial charge in [-0.1, -0.05) is 0 Å². The Hall–Kier alpha value is -2.72. The number of phenolic OH excluding ortho intramolecular Hbond substituents is 1. The molecule has 0 saturated carbocycles. The van der Waals surface area contributed by atoms with Crippen LogP contribution in [0.15, 0.2) is 39.6 Å². The van der Waals surface area contributed by atoms with Crippen LogP contribution in [0.1, 0.15) is 50.0 Å². The number of nitrogens with one attached hydrogen (secondary N) is 1. The van der Waals surface area contributed by atoms with E-state index < -0.39 is 5.92 Å². The zero-order chi connectivity index (χ0) is 19.8. The summed E-state index contributed by atoms with van der Waals surface area (Å²) in [5, 5.41) is 24.8. The number of thiocyanates is 1. The van der Waals surface area contributed by atoms with Crippen LogP contribution in [0.4, 0.5) is 0 Å². The van der Waals surface area contributed by atoms with E-state index in [1.54, 1.807) is 12.1 Å². The smallest absolute Gasteiger partial charge is 0.172 e. The first kappa shape index (κ1) is 18.6. The second-order valence-corrected chi connectivity index (χ2v) is 7.99. The molecule has 0 fully saturated rings. The van der Waals surface area contributed by atoms with Gasteiger partial charge in [-0.15, -0.1) is 0 Å². The summed E-state index contributed by atoms with van der Waals surface area (Å²) in [5.41, 5.74) is 3.77. The molecular weight excluding hydrogens is 376 g/mol. The summed E-state index contributed by atoms with van der Waals surface area (Å²) in [6.45, 7) is 0. The van der Waals surface area contributed by atoms with Crippen LogP contribution in [-0.4, -0.2) is 23.8 Å². The molecule has 0 unspecified atom stereocenters. The highest BCUT2D eigenvalue weighted by Gasteiger charge is 2.40. The first-order valence-electron chi connectivity index (χ1n) is 9.31. The van der Waals surface area contributed by atoms with E-state index in [1.807, 2.05) is 5.40 Å². The summed E-state index contributed by atoms with van der Waals surface area (Å²) in [5.74, 6) is -0.278. The first-order chi connectivity index (χ1) is 13.5. The molecule has 3 aliphatic rings. The zero-order valence-electron chi connectivity index (χ0n) is 15.5. The lowest BCUT2D eigenvalue weighted by Gasteiger charge is -2.37. The van der Waals surface area contributed by atoms with Crippen molar-refractivity contribution in [1.29, 1.82) is 5.26 Å². The topological polar surface area (TPSA) is 99.4 Å². The maximum Gasteiger partial charge on any atom is 0.172 e. The van der Waals surface area contributed by atoms with Crippen molar-refractivity contribution in [3.05, 3.63) is 40.2 Å². The van der Waals surface area contributed by atoms with Gasteiger partial charge in [0.05, 0.1) is 12.0 Å². The van der Waals surface area contributed by atoms with Crippen LogP contribution >= 0.6 is 11.8 Å². The largest absolute Gasteiger partial charge is 0.503 e. The SMILES string of the molecule is COc1cc(C2C3=C(CCCC3=O)NC3=C2C(=O)CCC3)cc(SC#N)c1O. The summed E-state index contributed by atoms with van der Waals surface area (Å²) in [6.07, 6.45) is 4.06. The number of benzene rings is 1. The Morgan fingerprint density at radius 3 is 2.25 bits per heavy atom. The van der Waals surface area contributed by atoms with Gasteiger partial charge in [-0.25, -0.2) is 0 Å². The molecule has 1 aliphatic heterocycles. The number of aromatic hydroxyl groups is 1. The van der Waals surface area contributed by atoms with Gasteiger partial charge >= 0.3 is 0 Å². The number of ketones is 2. The van der Waals surface area contributed by atoms with E-state index in [-0.39, 0.29) is 23.1 Å². The van der Waals surface area contributed by atoms with Crippen LogP contribution < -0.4 is 10.1 Å². The van der Waals surface area contributed by atoms with Crippen LogP contribution in [0, 0.1) is 10.7 Å². The molecule has 1 heterocycles. The molecule has 0 spiro atoms. The molecule has 0 amide bonds. The number of methoxy groups -OCH3 is 1. The van der Waals surface area contributed by atoms with Crippen molar-refractivity contribution in [1.82, 2.24) is 5.32 Å². The van der Waals surface area contributed by atoms with Crippen molar-refractivity contribution in [2.24, 2.45) is 0 Å². The summed E-state index contributed by atoms with van der Waals surface area (Å²) >= 11 is 0.828. The van der Waals surface area contributed by atoms with Crippen molar-refractivity contribution >= 4 is 23.3 Å². The zero-order valence-corrected chi connectivity index (χ0v) is 16.3. The lowest BCUT2D eigenvalue weighted by Crippen LogP contribution is -2.36. The highest BCUT2D eigenvalue weighted by Crippen LogP contribution is 2.48. The normalized spacial score (nSPS) is 19.7. The third-order valence-electron chi connectivity index (χ3n) is 5.56. The quantitative estimate of drug-likeness (QED) is 0.594. The Balaban J connectivity index is 1.95. The first-order valence-corrected chi connectivity index (χ1v) is 10.1. The molecule has 144 valence electrons. The average molecular weight is 396 g/mol. The molecule has 0 saturated heterocycles. The highest BCUT2D eigenvalue weighted by molar-refractivity contribution is 8.03. The lowest BCUT2D eigenvalue weighted by molar-refractivity contribution is -0.116. The van der Waals surface area contributed by atoms with E-state index in [2.05, 4.69) is 5.32 Å². The number of allylic oxidation sites excluding steroid dienone is 4. The molecule has 1 aromatic carbocycles. The molecule has 0 radical (unpaired) electrons. The Kier molecular flexibility index (Phi) is 4.90. The number of phenols is 1. The number of carbonyl (C=O) groups excluding carboxylic acids is 2. The Morgan fingerprint density at radius 1 is 1.11 bits per heavy atom. The second kappa shape index (κ2) is 7.36. The van der Waals surface area contributed by atoms with Gasteiger partial charge in [0, 0.05) is 41.3 Å². The van der Waals surface area contributed by atoms with E-state index >= 15 is 0 Å². The number of thioether (sulfide) groups is 1. The number of hydrogen-bond donors (Lipinski definition) is 2. The lowest BCUT2D eigenvalue weighted by atomic mass is 9.71. The predicted molar refractivity (Wildman–Crippen MR) is 104 cm³/mol. The Morgan fingerprint density at radius 2 is 1.71 bits per heavy atom. The summed E-state index contributed by atoms with van der Waals surface area (Å²) < 4.78 is 5.30. The standard InChI is InChI=1S/C21H20N2O4S/c1-27-16-8-11(9-17(21(16)26)28-10-22)18-19-12(4-2-6-14(19)24)23-13-5-3-7-15(25)20(13)18/h8-9,18,23,26H,2-7H2,1H3. The molecule has 6 nitrogen and oxygen atoms in total. The second-order valence-electron chi connectivity index (χ2n) is 7.16. The van der Waals surface area contributed by atoms with Crippen LogP contribution in [0.3, 0.4) is 0 Å². The number of Topliss-reactive ketones (excluding diaryl/α,β-unsaturated/α-hetero) is 2. The fourth-order valence-electron chi connectivity index (χ4n) is 4.37. The average Bonchev–Trinajstić information content (AvgIpc) is 2.69. The molecule has 2 N–H and O–H groups in total. The predicted octanol–water partition coefficient (Wildman–Crippen LogP) is 3.67. The maximum absolute atomic E-state index is 12.9. The van der Waals surface area contributed by atoms with Crippen LogP contribution in [0.25, 0.3) is 0 Å². The number of carbonyl (C=O) groups is 2.